The summed E-state index contributed by atoms with van der Waals surface area (Å²) < 4.78 is 0. The van der Waals surface area contributed by atoms with Crippen LogP contribution in [-0.2, 0) is 12.8 Å². The van der Waals surface area contributed by atoms with Crippen LogP contribution in [0.5, 0.6) is 0 Å². The fourth-order valence-electron chi connectivity index (χ4n) is 3.85. The minimum absolute atomic E-state index is 0.0715. The van der Waals surface area contributed by atoms with E-state index in [9.17, 15) is 4.79 Å². The van der Waals surface area contributed by atoms with Crippen molar-refractivity contribution >= 4 is 11.7 Å². The Kier molecular flexibility index (Phi) is 6.13. The number of aryl methyl sites for hydroxylation is 1. The first-order valence-electron chi connectivity index (χ1n) is 9.67. The van der Waals surface area contributed by atoms with Crippen molar-refractivity contribution in [3.63, 3.8) is 0 Å². The quantitative estimate of drug-likeness (QED) is 0.832. The average molecular weight is 329 g/mol. The fourth-order valence-corrected chi connectivity index (χ4v) is 3.85. The minimum atomic E-state index is 0.0715. The third kappa shape index (κ3) is 4.29. The summed E-state index contributed by atoms with van der Waals surface area (Å²) in [6.07, 6.45) is 8.59. The molecule has 0 spiro atoms. The molecular weight excluding hydrogens is 298 g/mol. The summed E-state index contributed by atoms with van der Waals surface area (Å²) in [4.78, 5) is 17.1. The number of nitrogens with zero attached hydrogens (tertiary/aromatic N) is 2. The third-order valence-electron chi connectivity index (χ3n) is 5.37. The number of carbonyl (C=O) groups is 1. The maximum absolute atomic E-state index is 12.6. The molecule has 0 atom stereocenters. The molecule has 1 heterocycles. The summed E-state index contributed by atoms with van der Waals surface area (Å²) in [6.45, 7) is 7.11. The minimum Gasteiger partial charge on any atom is -0.322 e. The van der Waals surface area contributed by atoms with Crippen LogP contribution < -0.4 is 5.32 Å². The molecule has 1 N–H and O–H groups in total. The molecule has 0 aromatic heterocycles. The molecule has 0 saturated carbocycles. The van der Waals surface area contributed by atoms with Gasteiger partial charge in [0, 0.05) is 31.9 Å². The van der Waals surface area contributed by atoms with Crippen molar-refractivity contribution in [1.29, 1.82) is 0 Å². The third-order valence-corrected chi connectivity index (χ3v) is 5.37. The highest BCUT2D eigenvalue weighted by atomic mass is 16.2. The van der Waals surface area contributed by atoms with Crippen LogP contribution in [0.3, 0.4) is 0 Å². The highest BCUT2D eigenvalue weighted by Crippen LogP contribution is 2.28. The monoisotopic (exact) mass is 329 g/mol. The summed E-state index contributed by atoms with van der Waals surface area (Å²) in [5, 5.41) is 3.18. The first-order valence-corrected chi connectivity index (χ1v) is 9.67. The van der Waals surface area contributed by atoms with Crippen LogP contribution in [0.25, 0.3) is 0 Å². The summed E-state index contributed by atoms with van der Waals surface area (Å²) in [6, 6.07) is 6.41. The lowest BCUT2D eigenvalue weighted by molar-refractivity contribution is 0.146. The molecule has 3 rings (SSSR count). The van der Waals surface area contributed by atoms with E-state index in [0.717, 1.165) is 44.7 Å². The number of urea groups is 1. The van der Waals surface area contributed by atoms with E-state index in [1.807, 2.05) is 4.90 Å². The van der Waals surface area contributed by atoms with Gasteiger partial charge in [0.2, 0.25) is 0 Å². The lowest BCUT2D eigenvalue weighted by Crippen LogP contribution is -2.50. The SMILES string of the molecule is CCCCCN1CCN(C(=O)Nc2cccc3c2CCCC3)CC1. The number of anilines is 1. The van der Waals surface area contributed by atoms with Crippen molar-refractivity contribution in [3.8, 4) is 0 Å². The number of amides is 2. The predicted molar refractivity (Wildman–Crippen MR) is 99.6 cm³/mol. The van der Waals surface area contributed by atoms with E-state index in [-0.39, 0.29) is 6.03 Å². The molecule has 1 fully saturated rings. The maximum atomic E-state index is 12.6. The lowest BCUT2D eigenvalue weighted by atomic mass is 9.90. The van der Waals surface area contributed by atoms with E-state index < -0.39 is 0 Å². The highest BCUT2D eigenvalue weighted by molar-refractivity contribution is 5.90. The van der Waals surface area contributed by atoms with Gasteiger partial charge in [-0.05, 0) is 55.8 Å². The molecule has 1 aromatic carbocycles. The van der Waals surface area contributed by atoms with Crippen LogP contribution in [0.4, 0.5) is 10.5 Å². The largest absolute Gasteiger partial charge is 0.322 e. The summed E-state index contributed by atoms with van der Waals surface area (Å²) in [5.74, 6) is 0. The van der Waals surface area contributed by atoms with Gasteiger partial charge in [-0.2, -0.15) is 0 Å². The number of hydrogen-bond acceptors (Lipinski definition) is 2. The number of nitrogens with one attached hydrogen (secondary N) is 1. The number of unbranched alkanes of at least 4 members (excludes halogenated alkanes) is 2. The van der Waals surface area contributed by atoms with Crippen LogP contribution in [-0.4, -0.2) is 48.6 Å². The van der Waals surface area contributed by atoms with Crippen LogP contribution >= 0.6 is 0 Å². The fraction of sp³-hybridized carbons (Fsp3) is 0.650. The van der Waals surface area contributed by atoms with Crippen LogP contribution in [0.15, 0.2) is 18.2 Å². The van der Waals surface area contributed by atoms with Gasteiger partial charge in [0.05, 0.1) is 0 Å². The zero-order valence-electron chi connectivity index (χ0n) is 15.0. The van der Waals surface area contributed by atoms with Gasteiger partial charge in [-0.25, -0.2) is 4.79 Å². The molecule has 0 bridgehead atoms. The molecule has 0 radical (unpaired) electrons. The van der Waals surface area contributed by atoms with E-state index >= 15 is 0 Å². The number of fused-ring (bicyclic) bond motifs is 1. The Bertz CT molecular complexity index is 550. The summed E-state index contributed by atoms with van der Waals surface area (Å²) in [7, 11) is 0. The van der Waals surface area contributed by atoms with Crippen molar-refractivity contribution in [2.45, 2.75) is 51.9 Å². The Balaban J connectivity index is 1.51. The zero-order chi connectivity index (χ0) is 16.8. The number of piperazine rings is 1. The zero-order valence-corrected chi connectivity index (χ0v) is 15.0. The second kappa shape index (κ2) is 8.52. The van der Waals surface area contributed by atoms with E-state index in [1.54, 1.807) is 0 Å². The maximum Gasteiger partial charge on any atom is 0.321 e. The molecule has 1 aliphatic carbocycles. The molecule has 2 amide bonds. The van der Waals surface area contributed by atoms with Gasteiger partial charge in [0.15, 0.2) is 0 Å². The molecule has 1 aromatic rings. The second-order valence-corrected chi connectivity index (χ2v) is 7.12. The lowest BCUT2D eigenvalue weighted by Gasteiger charge is -2.35. The van der Waals surface area contributed by atoms with Crippen molar-refractivity contribution < 1.29 is 4.79 Å². The topological polar surface area (TPSA) is 35.6 Å². The molecule has 132 valence electrons. The molecule has 1 aliphatic heterocycles. The average Bonchev–Trinajstić information content (AvgIpc) is 2.63. The van der Waals surface area contributed by atoms with Crippen LogP contribution in [0, 0.1) is 0 Å². The van der Waals surface area contributed by atoms with Crippen molar-refractivity contribution in [3.05, 3.63) is 29.3 Å². The number of rotatable bonds is 5. The van der Waals surface area contributed by atoms with E-state index in [0.29, 0.717) is 0 Å². The molecule has 0 unspecified atom stereocenters. The molecule has 4 nitrogen and oxygen atoms in total. The normalized spacial score (nSPS) is 18.3. The summed E-state index contributed by atoms with van der Waals surface area (Å²) in [5.41, 5.74) is 3.80. The number of benzene rings is 1. The first-order chi connectivity index (χ1) is 11.8. The van der Waals surface area contributed by atoms with Gasteiger partial charge >= 0.3 is 6.03 Å². The molecule has 1 saturated heterocycles. The van der Waals surface area contributed by atoms with Gasteiger partial charge in [-0.3, -0.25) is 4.90 Å². The van der Waals surface area contributed by atoms with E-state index in [4.69, 9.17) is 0 Å². The van der Waals surface area contributed by atoms with Gasteiger partial charge in [0.1, 0.15) is 0 Å². The van der Waals surface area contributed by atoms with Crippen LogP contribution in [0.2, 0.25) is 0 Å². The smallest absolute Gasteiger partial charge is 0.321 e. The first kappa shape index (κ1) is 17.3. The molecule has 4 heteroatoms. The Morgan fingerprint density at radius 1 is 1.08 bits per heavy atom. The van der Waals surface area contributed by atoms with E-state index in [1.165, 1.54) is 49.8 Å². The number of carbonyl (C=O) groups excluding carboxylic acids is 1. The van der Waals surface area contributed by atoms with Crippen LogP contribution in [0.1, 0.15) is 50.2 Å². The van der Waals surface area contributed by atoms with Gasteiger partial charge in [0.25, 0.3) is 0 Å². The van der Waals surface area contributed by atoms with Crippen molar-refractivity contribution in [1.82, 2.24) is 9.80 Å². The van der Waals surface area contributed by atoms with Gasteiger partial charge < -0.3 is 10.2 Å². The Morgan fingerprint density at radius 2 is 1.88 bits per heavy atom. The van der Waals surface area contributed by atoms with Gasteiger partial charge in [-0.15, -0.1) is 0 Å². The second-order valence-electron chi connectivity index (χ2n) is 7.12. The highest BCUT2D eigenvalue weighted by Gasteiger charge is 2.22. The molecule has 24 heavy (non-hydrogen) atoms. The summed E-state index contributed by atoms with van der Waals surface area (Å²) >= 11 is 0. The van der Waals surface area contributed by atoms with Gasteiger partial charge in [-0.1, -0.05) is 31.9 Å². The standard InChI is InChI=1S/C20H31N3O/c1-2-3-6-12-22-13-15-23(16-14-22)20(24)21-19-11-7-9-17-8-4-5-10-18(17)19/h7,9,11H,2-6,8,10,12-16H2,1H3,(H,21,24). The van der Waals surface area contributed by atoms with Crippen molar-refractivity contribution in [2.24, 2.45) is 0 Å². The Labute approximate surface area is 146 Å². The van der Waals surface area contributed by atoms with E-state index in [2.05, 4.69) is 35.3 Å². The Morgan fingerprint density at radius 3 is 2.67 bits per heavy atom. The molecular formula is C20H31N3O. The van der Waals surface area contributed by atoms with Crippen molar-refractivity contribution in [2.75, 3.05) is 38.0 Å². The molecule has 2 aliphatic rings. The number of hydrogen-bond donors (Lipinski definition) is 1. The predicted octanol–water partition coefficient (Wildman–Crippen LogP) is 3.91. The Hall–Kier alpha value is -1.55.